The number of thioether (sulfide) groups is 1. The maximum Gasteiger partial charge on any atom is 0.414 e. The molecule has 2 aliphatic rings. The van der Waals surface area contributed by atoms with Gasteiger partial charge in [0.1, 0.15) is 17.4 Å². The number of carbonyl (C=O) groups excluding carboxylic acids is 2. The quantitative estimate of drug-likeness (QED) is 0.417. The summed E-state index contributed by atoms with van der Waals surface area (Å²) >= 11 is 1.44. The zero-order chi connectivity index (χ0) is 25.2. The Kier molecular flexibility index (Phi) is 6.90. The standard InChI is InChI=1S/C24H24FN5O5S/c1-34-22-5-3-18-23(29-22)16(17(25)10-27-18)9-26-8-14(31)7-15-11-30(24(33)35-15)13-2-4-20-19(6-13)28-21(32)12-36-20/h2-6,10,14-15,26,31H,7-9,11-12H2,1H3,(H,28,32). The monoisotopic (exact) mass is 513 g/mol. The highest BCUT2D eigenvalue weighted by molar-refractivity contribution is 8.00. The topological polar surface area (TPSA) is 126 Å². The molecule has 2 amide bonds. The van der Waals surface area contributed by atoms with Crippen molar-refractivity contribution in [2.45, 2.75) is 30.1 Å². The van der Waals surface area contributed by atoms with Crippen LogP contribution in [-0.2, 0) is 16.1 Å². The van der Waals surface area contributed by atoms with E-state index in [4.69, 9.17) is 9.47 Å². The summed E-state index contributed by atoms with van der Waals surface area (Å²) in [5.41, 5.74) is 2.52. The second-order valence-electron chi connectivity index (χ2n) is 8.46. The molecule has 4 heterocycles. The van der Waals surface area contributed by atoms with Crippen molar-refractivity contribution in [1.82, 2.24) is 15.3 Å². The number of anilines is 2. The molecule has 0 saturated carbocycles. The van der Waals surface area contributed by atoms with Crippen LogP contribution in [0.2, 0.25) is 0 Å². The highest BCUT2D eigenvalue weighted by atomic mass is 32.2. The number of fused-ring (bicyclic) bond motifs is 2. The molecular formula is C24H24FN5O5S. The van der Waals surface area contributed by atoms with Crippen molar-refractivity contribution in [3.05, 3.63) is 47.9 Å². The molecule has 36 heavy (non-hydrogen) atoms. The zero-order valence-corrected chi connectivity index (χ0v) is 20.2. The summed E-state index contributed by atoms with van der Waals surface area (Å²) in [5.74, 6) is 0.117. The van der Waals surface area contributed by atoms with Crippen LogP contribution in [0.4, 0.5) is 20.6 Å². The van der Waals surface area contributed by atoms with Crippen LogP contribution < -0.4 is 20.3 Å². The fourth-order valence-electron chi connectivity index (χ4n) is 4.20. The SMILES string of the molecule is COc1ccc2ncc(F)c(CNCC(O)CC3CN(c4ccc5c(c4)NC(=O)CS5)C(=O)O3)c2n1. The number of methoxy groups -OCH3 is 1. The van der Waals surface area contributed by atoms with Crippen LogP contribution in [0.3, 0.4) is 0 Å². The van der Waals surface area contributed by atoms with E-state index < -0.39 is 24.1 Å². The molecule has 0 bridgehead atoms. The van der Waals surface area contributed by atoms with Gasteiger partial charge in [-0.25, -0.2) is 14.2 Å². The Morgan fingerprint density at radius 1 is 1.36 bits per heavy atom. The van der Waals surface area contributed by atoms with Gasteiger partial charge < -0.3 is 25.2 Å². The average molecular weight is 514 g/mol. The molecule has 1 aromatic carbocycles. The molecule has 10 nitrogen and oxygen atoms in total. The van der Waals surface area contributed by atoms with Gasteiger partial charge >= 0.3 is 6.09 Å². The van der Waals surface area contributed by atoms with Gasteiger partial charge in [0.15, 0.2) is 0 Å². The van der Waals surface area contributed by atoms with E-state index in [9.17, 15) is 19.1 Å². The predicted octanol–water partition coefficient (Wildman–Crippen LogP) is 2.69. The lowest BCUT2D eigenvalue weighted by Gasteiger charge is -2.20. The van der Waals surface area contributed by atoms with Crippen LogP contribution in [-0.4, -0.2) is 65.2 Å². The van der Waals surface area contributed by atoms with Crippen LogP contribution in [0.15, 0.2) is 41.4 Å². The number of aromatic nitrogens is 2. The summed E-state index contributed by atoms with van der Waals surface area (Å²) in [4.78, 5) is 34.9. The predicted molar refractivity (Wildman–Crippen MR) is 132 cm³/mol. The molecule has 5 rings (SSSR count). The number of benzene rings is 1. The molecule has 3 N–H and O–H groups in total. The summed E-state index contributed by atoms with van der Waals surface area (Å²) in [6.45, 7) is 0.546. The van der Waals surface area contributed by atoms with Crippen LogP contribution in [0.5, 0.6) is 5.88 Å². The summed E-state index contributed by atoms with van der Waals surface area (Å²) < 4.78 is 25.0. The van der Waals surface area contributed by atoms with E-state index in [-0.39, 0.29) is 32.0 Å². The maximum atomic E-state index is 14.4. The Bertz CT molecular complexity index is 1330. The lowest BCUT2D eigenvalue weighted by Crippen LogP contribution is -2.31. The van der Waals surface area contributed by atoms with Crippen molar-refractivity contribution in [2.75, 3.05) is 36.2 Å². The first-order valence-electron chi connectivity index (χ1n) is 11.3. The number of hydrogen-bond acceptors (Lipinski definition) is 9. The minimum absolute atomic E-state index is 0.0864. The van der Waals surface area contributed by atoms with Gasteiger partial charge in [0.2, 0.25) is 11.8 Å². The molecule has 1 saturated heterocycles. The highest BCUT2D eigenvalue weighted by Gasteiger charge is 2.34. The number of rotatable bonds is 8. The largest absolute Gasteiger partial charge is 0.481 e. The van der Waals surface area contributed by atoms with E-state index in [2.05, 4.69) is 20.6 Å². The number of pyridine rings is 2. The second kappa shape index (κ2) is 10.2. The first-order chi connectivity index (χ1) is 17.4. The Morgan fingerprint density at radius 3 is 3.06 bits per heavy atom. The zero-order valence-electron chi connectivity index (χ0n) is 19.4. The van der Waals surface area contributed by atoms with E-state index in [1.54, 1.807) is 18.2 Å². The molecule has 2 aliphatic heterocycles. The van der Waals surface area contributed by atoms with Gasteiger partial charge in [-0.1, -0.05) is 0 Å². The summed E-state index contributed by atoms with van der Waals surface area (Å²) in [6.07, 6.45) is -0.515. The number of aliphatic hydroxyl groups is 1. The third kappa shape index (κ3) is 5.06. The number of carbonyl (C=O) groups is 2. The highest BCUT2D eigenvalue weighted by Crippen LogP contribution is 2.35. The molecule has 2 unspecified atom stereocenters. The average Bonchev–Trinajstić information content (AvgIpc) is 3.24. The van der Waals surface area contributed by atoms with E-state index in [0.717, 1.165) is 11.1 Å². The number of nitrogens with zero attached hydrogens (tertiary/aromatic N) is 3. The second-order valence-corrected chi connectivity index (χ2v) is 9.48. The first kappa shape index (κ1) is 24.2. The van der Waals surface area contributed by atoms with Gasteiger partial charge in [0.25, 0.3) is 0 Å². The van der Waals surface area contributed by atoms with Crippen molar-refractivity contribution in [3.63, 3.8) is 0 Å². The summed E-state index contributed by atoms with van der Waals surface area (Å²) in [7, 11) is 1.48. The lowest BCUT2D eigenvalue weighted by molar-refractivity contribution is -0.113. The van der Waals surface area contributed by atoms with E-state index in [1.165, 1.54) is 23.8 Å². The molecule has 188 valence electrons. The normalized spacial score (nSPS) is 18.1. The number of halogens is 1. The number of amides is 2. The maximum absolute atomic E-state index is 14.4. The molecule has 12 heteroatoms. The van der Waals surface area contributed by atoms with Crippen molar-refractivity contribution in [3.8, 4) is 5.88 Å². The number of hydrogen-bond donors (Lipinski definition) is 3. The Hall–Kier alpha value is -3.48. The van der Waals surface area contributed by atoms with Gasteiger partial charge in [-0.15, -0.1) is 11.8 Å². The van der Waals surface area contributed by atoms with E-state index in [1.807, 2.05) is 12.1 Å². The minimum atomic E-state index is -0.833. The van der Waals surface area contributed by atoms with Crippen LogP contribution in [0.25, 0.3) is 11.0 Å². The molecule has 1 fully saturated rings. The van der Waals surface area contributed by atoms with Crippen molar-refractivity contribution < 1.29 is 28.6 Å². The molecule has 0 radical (unpaired) electrons. The Labute approximate surface area is 210 Å². The third-order valence-corrected chi connectivity index (χ3v) is 7.02. The fourth-order valence-corrected chi connectivity index (χ4v) is 4.99. The van der Waals surface area contributed by atoms with Crippen molar-refractivity contribution >= 4 is 46.2 Å². The summed E-state index contributed by atoms with van der Waals surface area (Å²) in [5, 5.41) is 16.4. The molecule has 3 aromatic rings. The summed E-state index contributed by atoms with van der Waals surface area (Å²) in [6, 6.07) is 8.77. The molecule has 2 atom stereocenters. The van der Waals surface area contributed by atoms with Crippen LogP contribution in [0, 0.1) is 5.82 Å². The van der Waals surface area contributed by atoms with Gasteiger partial charge in [-0.3, -0.25) is 14.7 Å². The molecular weight excluding hydrogens is 489 g/mol. The number of ether oxygens (including phenoxy) is 2. The molecule has 2 aromatic heterocycles. The third-order valence-electron chi connectivity index (χ3n) is 5.95. The van der Waals surface area contributed by atoms with Crippen LogP contribution in [0.1, 0.15) is 12.0 Å². The van der Waals surface area contributed by atoms with Gasteiger partial charge in [0, 0.05) is 41.7 Å². The lowest BCUT2D eigenvalue weighted by atomic mass is 10.1. The number of cyclic esters (lactones) is 1. The molecule has 0 aliphatic carbocycles. The van der Waals surface area contributed by atoms with Gasteiger partial charge in [0.05, 0.1) is 42.9 Å². The number of nitrogens with one attached hydrogen (secondary N) is 2. The van der Waals surface area contributed by atoms with E-state index in [0.29, 0.717) is 39.6 Å². The molecule has 0 spiro atoms. The fraction of sp³-hybridized carbons (Fsp3) is 0.333. The van der Waals surface area contributed by atoms with E-state index >= 15 is 0 Å². The minimum Gasteiger partial charge on any atom is -0.481 e. The Balaban J connectivity index is 1.17. The number of aliphatic hydroxyl groups excluding tert-OH is 1. The van der Waals surface area contributed by atoms with Crippen LogP contribution >= 0.6 is 11.8 Å². The first-order valence-corrected chi connectivity index (χ1v) is 12.3. The van der Waals surface area contributed by atoms with Gasteiger partial charge in [-0.05, 0) is 24.3 Å². The van der Waals surface area contributed by atoms with Crippen molar-refractivity contribution in [1.29, 1.82) is 0 Å². The Morgan fingerprint density at radius 2 is 2.22 bits per heavy atom. The van der Waals surface area contributed by atoms with Gasteiger partial charge in [-0.2, -0.15) is 0 Å². The smallest absolute Gasteiger partial charge is 0.414 e. The van der Waals surface area contributed by atoms with Crippen molar-refractivity contribution in [2.24, 2.45) is 0 Å².